The Bertz CT molecular complexity index is 422. The second-order valence-electron chi connectivity index (χ2n) is 5.56. The van der Waals surface area contributed by atoms with Gasteiger partial charge in [-0.15, -0.1) is 0 Å². The maximum absolute atomic E-state index is 12.6. The van der Waals surface area contributed by atoms with E-state index in [4.69, 9.17) is 4.42 Å². The number of nitrogens with zero attached hydrogens (tertiary/aromatic N) is 1. The van der Waals surface area contributed by atoms with E-state index in [-0.39, 0.29) is 5.91 Å². The summed E-state index contributed by atoms with van der Waals surface area (Å²) in [6.45, 7) is 7.95. The highest BCUT2D eigenvalue weighted by atomic mass is 16.4. The summed E-state index contributed by atoms with van der Waals surface area (Å²) in [6.07, 6.45) is 4.13. The number of hydrogen-bond donors (Lipinski definition) is 1. The Labute approximate surface area is 121 Å². The number of aryl methyl sites for hydroxylation is 1. The van der Waals surface area contributed by atoms with Crippen molar-refractivity contribution in [3.05, 3.63) is 23.7 Å². The molecule has 4 nitrogen and oxygen atoms in total. The van der Waals surface area contributed by atoms with Gasteiger partial charge >= 0.3 is 0 Å². The van der Waals surface area contributed by atoms with E-state index in [0.29, 0.717) is 11.7 Å². The first kappa shape index (κ1) is 15.1. The molecule has 4 heteroatoms. The third-order valence-electron chi connectivity index (χ3n) is 3.94. The van der Waals surface area contributed by atoms with E-state index in [9.17, 15) is 4.79 Å². The topological polar surface area (TPSA) is 45.5 Å². The van der Waals surface area contributed by atoms with Crippen LogP contribution in [0.5, 0.6) is 0 Å². The molecule has 0 spiro atoms. The van der Waals surface area contributed by atoms with Gasteiger partial charge in [-0.1, -0.05) is 13.8 Å². The Balaban J connectivity index is 2.00. The lowest BCUT2D eigenvalue weighted by Crippen LogP contribution is -2.39. The van der Waals surface area contributed by atoms with Crippen molar-refractivity contribution in [2.45, 2.75) is 39.5 Å². The van der Waals surface area contributed by atoms with E-state index in [2.05, 4.69) is 12.2 Å². The lowest BCUT2D eigenvalue weighted by Gasteiger charge is -2.29. The molecule has 0 bridgehead atoms. The third kappa shape index (κ3) is 3.85. The minimum Gasteiger partial charge on any atom is -0.456 e. The number of furan rings is 1. The predicted octanol–water partition coefficient (Wildman–Crippen LogP) is 2.69. The zero-order valence-electron chi connectivity index (χ0n) is 12.7. The van der Waals surface area contributed by atoms with E-state index in [1.807, 2.05) is 24.0 Å². The lowest BCUT2D eigenvalue weighted by molar-refractivity contribution is 0.0682. The molecule has 0 aliphatic carbocycles. The fourth-order valence-corrected chi connectivity index (χ4v) is 2.76. The Morgan fingerprint density at radius 2 is 2.10 bits per heavy atom. The minimum absolute atomic E-state index is 0.0464. The first-order valence-electron chi connectivity index (χ1n) is 7.83. The van der Waals surface area contributed by atoms with Crippen LogP contribution < -0.4 is 5.32 Å². The summed E-state index contributed by atoms with van der Waals surface area (Å²) >= 11 is 0. The van der Waals surface area contributed by atoms with Crippen LogP contribution in [0, 0.1) is 5.92 Å². The first-order valence-corrected chi connectivity index (χ1v) is 7.83. The molecule has 0 atom stereocenters. The van der Waals surface area contributed by atoms with Crippen LogP contribution in [0.1, 0.15) is 49.4 Å². The summed E-state index contributed by atoms with van der Waals surface area (Å²) in [6, 6.07) is 3.72. The van der Waals surface area contributed by atoms with Gasteiger partial charge in [0, 0.05) is 19.5 Å². The highest BCUT2D eigenvalue weighted by Gasteiger charge is 2.23. The number of carbonyl (C=O) groups is 1. The van der Waals surface area contributed by atoms with Crippen LogP contribution in [0.2, 0.25) is 0 Å². The van der Waals surface area contributed by atoms with Crippen molar-refractivity contribution in [2.75, 3.05) is 26.2 Å². The molecule has 0 saturated carbocycles. The molecule has 0 radical (unpaired) electrons. The molecule has 1 saturated heterocycles. The van der Waals surface area contributed by atoms with Crippen molar-refractivity contribution in [1.82, 2.24) is 10.2 Å². The fraction of sp³-hybridized carbons (Fsp3) is 0.688. The van der Waals surface area contributed by atoms with Crippen molar-refractivity contribution in [2.24, 2.45) is 5.92 Å². The summed E-state index contributed by atoms with van der Waals surface area (Å²) in [5.41, 5.74) is 0. The van der Waals surface area contributed by atoms with E-state index in [0.717, 1.165) is 57.6 Å². The minimum atomic E-state index is 0.0464. The van der Waals surface area contributed by atoms with Gasteiger partial charge in [0.25, 0.3) is 5.91 Å². The molecule has 112 valence electrons. The van der Waals surface area contributed by atoms with Gasteiger partial charge in [0.1, 0.15) is 5.76 Å². The molecular weight excluding hydrogens is 252 g/mol. The van der Waals surface area contributed by atoms with Gasteiger partial charge < -0.3 is 14.6 Å². The zero-order chi connectivity index (χ0) is 14.4. The van der Waals surface area contributed by atoms with Crippen molar-refractivity contribution in [3.8, 4) is 0 Å². The normalized spacial score (nSPS) is 16.3. The van der Waals surface area contributed by atoms with Crippen LogP contribution in [-0.4, -0.2) is 37.0 Å². The molecule has 1 amide bonds. The molecule has 0 aromatic carbocycles. The molecule has 1 aliphatic heterocycles. The molecule has 20 heavy (non-hydrogen) atoms. The number of hydrogen-bond acceptors (Lipinski definition) is 3. The summed E-state index contributed by atoms with van der Waals surface area (Å²) < 4.78 is 5.61. The Hall–Kier alpha value is -1.29. The second-order valence-corrected chi connectivity index (χ2v) is 5.56. The summed E-state index contributed by atoms with van der Waals surface area (Å²) in [5, 5.41) is 3.37. The molecule has 2 heterocycles. The van der Waals surface area contributed by atoms with Crippen LogP contribution >= 0.6 is 0 Å². The highest BCUT2D eigenvalue weighted by molar-refractivity contribution is 5.91. The van der Waals surface area contributed by atoms with Crippen molar-refractivity contribution in [1.29, 1.82) is 0 Å². The molecular formula is C16H26N2O2. The average Bonchev–Trinajstić information content (AvgIpc) is 2.96. The number of carbonyl (C=O) groups excluding carboxylic acids is 1. The standard InChI is InChI=1S/C16H26N2O2/c1-3-11-18(12-13-7-9-17-10-8-13)16(19)15-6-5-14(4-2)20-15/h5-6,13,17H,3-4,7-12H2,1-2H3. The summed E-state index contributed by atoms with van der Waals surface area (Å²) in [7, 11) is 0. The first-order chi connectivity index (χ1) is 9.74. The van der Waals surface area contributed by atoms with Crippen LogP contribution in [0.15, 0.2) is 16.5 Å². The van der Waals surface area contributed by atoms with Crippen LogP contribution in [-0.2, 0) is 6.42 Å². The Morgan fingerprint density at radius 3 is 2.70 bits per heavy atom. The molecule has 0 unspecified atom stereocenters. The number of rotatable bonds is 6. The highest BCUT2D eigenvalue weighted by Crippen LogP contribution is 2.17. The molecule has 1 aromatic rings. The molecule has 1 fully saturated rings. The van der Waals surface area contributed by atoms with E-state index >= 15 is 0 Å². The third-order valence-corrected chi connectivity index (χ3v) is 3.94. The summed E-state index contributed by atoms with van der Waals surface area (Å²) in [4.78, 5) is 14.5. The quantitative estimate of drug-likeness (QED) is 0.870. The fourth-order valence-electron chi connectivity index (χ4n) is 2.76. The second kappa shape index (κ2) is 7.48. The van der Waals surface area contributed by atoms with Gasteiger partial charge in [0.2, 0.25) is 0 Å². The van der Waals surface area contributed by atoms with Gasteiger partial charge in [0.15, 0.2) is 5.76 Å². The van der Waals surface area contributed by atoms with E-state index in [1.54, 1.807) is 0 Å². The van der Waals surface area contributed by atoms with Crippen molar-refractivity contribution < 1.29 is 9.21 Å². The van der Waals surface area contributed by atoms with Gasteiger partial charge in [0.05, 0.1) is 0 Å². The van der Waals surface area contributed by atoms with Gasteiger partial charge in [-0.3, -0.25) is 4.79 Å². The zero-order valence-corrected chi connectivity index (χ0v) is 12.7. The molecule has 1 N–H and O–H groups in total. The van der Waals surface area contributed by atoms with Crippen molar-refractivity contribution >= 4 is 5.91 Å². The van der Waals surface area contributed by atoms with Crippen LogP contribution in [0.4, 0.5) is 0 Å². The SMILES string of the molecule is CCCN(CC1CCNCC1)C(=O)c1ccc(CC)o1. The molecule has 1 aromatic heterocycles. The Kier molecular flexibility index (Phi) is 5.65. The average molecular weight is 278 g/mol. The molecule has 2 rings (SSSR count). The summed E-state index contributed by atoms with van der Waals surface area (Å²) in [5.74, 6) is 2.04. The van der Waals surface area contributed by atoms with Crippen LogP contribution in [0.3, 0.4) is 0 Å². The number of nitrogens with one attached hydrogen (secondary N) is 1. The maximum atomic E-state index is 12.6. The van der Waals surface area contributed by atoms with Gasteiger partial charge in [-0.25, -0.2) is 0 Å². The maximum Gasteiger partial charge on any atom is 0.289 e. The van der Waals surface area contributed by atoms with E-state index in [1.165, 1.54) is 0 Å². The lowest BCUT2D eigenvalue weighted by atomic mass is 9.97. The Morgan fingerprint density at radius 1 is 1.35 bits per heavy atom. The van der Waals surface area contributed by atoms with E-state index < -0.39 is 0 Å². The van der Waals surface area contributed by atoms with Crippen molar-refractivity contribution in [3.63, 3.8) is 0 Å². The van der Waals surface area contributed by atoms with Gasteiger partial charge in [-0.05, 0) is 50.4 Å². The molecule has 1 aliphatic rings. The van der Waals surface area contributed by atoms with Crippen LogP contribution in [0.25, 0.3) is 0 Å². The largest absolute Gasteiger partial charge is 0.456 e. The predicted molar refractivity (Wildman–Crippen MR) is 79.9 cm³/mol. The number of amides is 1. The monoisotopic (exact) mass is 278 g/mol. The van der Waals surface area contributed by atoms with Gasteiger partial charge in [-0.2, -0.15) is 0 Å². The smallest absolute Gasteiger partial charge is 0.289 e. The number of piperidine rings is 1.